The molecule has 0 aliphatic heterocycles. The number of rotatable bonds is 13. The molecule has 0 saturated carbocycles. The first-order valence-electron chi connectivity index (χ1n) is 11.4. The number of amides is 2. The highest BCUT2D eigenvalue weighted by Crippen LogP contribution is 2.08. The van der Waals surface area contributed by atoms with E-state index in [2.05, 4.69) is 17.6 Å². The minimum Gasteiger partial charge on any atom is -0.352 e. The van der Waals surface area contributed by atoms with Crippen molar-refractivity contribution in [2.45, 2.75) is 64.5 Å². The second-order valence-corrected chi connectivity index (χ2v) is 7.98. The number of ketones is 1. The van der Waals surface area contributed by atoms with Gasteiger partial charge >= 0.3 is 0 Å². The van der Waals surface area contributed by atoms with Crippen molar-refractivity contribution in [1.82, 2.24) is 10.6 Å². The van der Waals surface area contributed by atoms with Gasteiger partial charge < -0.3 is 16.4 Å². The maximum atomic E-state index is 12.5. The minimum atomic E-state index is -0.706. The molecule has 0 fully saturated rings. The van der Waals surface area contributed by atoms with Crippen molar-refractivity contribution < 1.29 is 14.4 Å². The van der Waals surface area contributed by atoms with Crippen LogP contribution in [0.15, 0.2) is 54.6 Å². The molecule has 0 aliphatic carbocycles. The van der Waals surface area contributed by atoms with Crippen molar-refractivity contribution in [1.29, 1.82) is 0 Å². The largest absolute Gasteiger partial charge is 0.352 e. The monoisotopic (exact) mass is 437 g/mol. The molecule has 0 heterocycles. The Morgan fingerprint density at radius 2 is 1.59 bits per heavy atom. The minimum absolute atomic E-state index is 0.00897. The Balaban J connectivity index is 1.76. The summed E-state index contributed by atoms with van der Waals surface area (Å²) in [5.41, 5.74) is 8.86. The zero-order valence-electron chi connectivity index (χ0n) is 19.1. The van der Waals surface area contributed by atoms with Gasteiger partial charge in [0.15, 0.2) is 5.78 Å². The average Bonchev–Trinajstić information content (AvgIpc) is 2.82. The Morgan fingerprint density at radius 3 is 2.22 bits per heavy atom. The second kappa shape index (κ2) is 13.4. The lowest BCUT2D eigenvalue weighted by Gasteiger charge is -2.20. The van der Waals surface area contributed by atoms with Gasteiger partial charge in [-0.15, -0.1) is 0 Å². The molecule has 0 aliphatic rings. The fourth-order valence-electron chi connectivity index (χ4n) is 3.47. The first-order chi connectivity index (χ1) is 15.4. The summed E-state index contributed by atoms with van der Waals surface area (Å²) in [7, 11) is 0. The van der Waals surface area contributed by atoms with Crippen LogP contribution < -0.4 is 16.4 Å². The maximum absolute atomic E-state index is 12.5. The summed E-state index contributed by atoms with van der Waals surface area (Å²) in [6.07, 6.45) is 3.66. The van der Waals surface area contributed by atoms with Crippen LogP contribution in [0.2, 0.25) is 0 Å². The van der Waals surface area contributed by atoms with E-state index >= 15 is 0 Å². The summed E-state index contributed by atoms with van der Waals surface area (Å²) in [4.78, 5) is 37.1. The second-order valence-electron chi connectivity index (χ2n) is 7.98. The first kappa shape index (κ1) is 25.3. The van der Waals surface area contributed by atoms with Crippen molar-refractivity contribution in [2.24, 2.45) is 5.73 Å². The van der Waals surface area contributed by atoms with Crippen LogP contribution in [0.1, 0.15) is 61.0 Å². The summed E-state index contributed by atoms with van der Waals surface area (Å²) in [6, 6.07) is 15.9. The van der Waals surface area contributed by atoms with Crippen LogP contribution in [-0.2, 0) is 22.4 Å². The molecule has 0 bridgehead atoms. The molecule has 172 valence electrons. The van der Waals surface area contributed by atoms with Crippen LogP contribution in [-0.4, -0.2) is 36.2 Å². The van der Waals surface area contributed by atoms with Gasteiger partial charge in [-0.25, -0.2) is 0 Å². The standard InChI is InChI=1S/C26H35N3O3/c1-3-19-13-15-21(16-14-19)25(31)28-17-9-8-12-23(24(30)4-2)29-26(32)22(27)18-20-10-6-5-7-11-20/h5-7,10-11,13-16,22-23H,3-4,8-9,12,17-18,27H2,1-2H3,(H,28,31)(H,29,32). The number of carbonyl (C=O) groups is 3. The molecule has 0 spiro atoms. The average molecular weight is 438 g/mol. The Kier molecular flexibility index (Phi) is 10.6. The number of Topliss-reactive ketones (excluding diaryl/α,β-unsaturated/α-hetero) is 1. The number of nitrogens with one attached hydrogen (secondary N) is 2. The molecule has 2 aromatic carbocycles. The quantitative estimate of drug-likeness (QED) is 0.419. The first-order valence-corrected chi connectivity index (χ1v) is 11.4. The van der Waals surface area contributed by atoms with E-state index in [1.807, 2.05) is 54.6 Å². The van der Waals surface area contributed by atoms with E-state index in [1.165, 1.54) is 5.56 Å². The van der Waals surface area contributed by atoms with Gasteiger partial charge in [-0.1, -0.05) is 56.3 Å². The molecular formula is C26H35N3O3. The van der Waals surface area contributed by atoms with Crippen molar-refractivity contribution in [3.05, 3.63) is 71.3 Å². The predicted octanol–water partition coefficient (Wildman–Crippen LogP) is 3.18. The Morgan fingerprint density at radius 1 is 0.906 bits per heavy atom. The highest BCUT2D eigenvalue weighted by atomic mass is 16.2. The lowest BCUT2D eigenvalue weighted by molar-refractivity contribution is -0.128. The molecule has 2 rings (SSSR count). The Bertz CT molecular complexity index is 866. The van der Waals surface area contributed by atoms with Crippen molar-refractivity contribution in [3.8, 4) is 0 Å². The van der Waals surface area contributed by atoms with Gasteiger partial charge in [0.1, 0.15) is 0 Å². The number of carbonyl (C=O) groups excluding carboxylic acids is 3. The summed E-state index contributed by atoms with van der Waals surface area (Å²) < 4.78 is 0. The third-order valence-corrected chi connectivity index (χ3v) is 5.52. The van der Waals surface area contributed by atoms with Crippen molar-refractivity contribution in [2.75, 3.05) is 6.54 Å². The fourth-order valence-corrected chi connectivity index (χ4v) is 3.47. The van der Waals surface area contributed by atoms with E-state index in [4.69, 9.17) is 5.73 Å². The molecule has 0 aromatic heterocycles. The number of aryl methyl sites for hydroxylation is 1. The summed E-state index contributed by atoms with van der Waals surface area (Å²) in [5.74, 6) is -0.427. The molecule has 0 radical (unpaired) electrons. The van der Waals surface area contributed by atoms with Crippen LogP contribution in [0, 0.1) is 0 Å². The summed E-state index contributed by atoms with van der Waals surface area (Å²) in [6.45, 7) is 4.38. The number of nitrogens with two attached hydrogens (primary N) is 1. The van der Waals surface area contributed by atoms with Crippen LogP contribution in [0.25, 0.3) is 0 Å². The fraction of sp³-hybridized carbons (Fsp3) is 0.423. The van der Waals surface area contributed by atoms with E-state index in [0.717, 1.165) is 18.4 Å². The Hall–Kier alpha value is -2.99. The predicted molar refractivity (Wildman–Crippen MR) is 127 cm³/mol. The van der Waals surface area contributed by atoms with E-state index < -0.39 is 12.1 Å². The molecule has 6 heteroatoms. The smallest absolute Gasteiger partial charge is 0.251 e. The highest BCUT2D eigenvalue weighted by Gasteiger charge is 2.22. The van der Waals surface area contributed by atoms with Gasteiger partial charge in [0.05, 0.1) is 12.1 Å². The van der Waals surface area contributed by atoms with Crippen LogP contribution >= 0.6 is 0 Å². The van der Waals surface area contributed by atoms with Crippen molar-refractivity contribution >= 4 is 17.6 Å². The number of unbranched alkanes of at least 4 members (excludes halogenated alkanes) is 1. The lowest BCUT2D eigenvalue weighted by Crippen LogP contribution is -2.49. The van der Waals surface area contributed by atoms with E-state index in [1.54, 1.807) is 6.92 Å². The molecule has 2 atom stereocenters. The van der Waals surface area contributed by atoms with Crippen LogP contribution in [0.5, 0.6) is 0 Å². The highest BCUT2D eigenvalue weighted by molar-refractivity contribution is 5.94. The third-order valence-electron chi connectivity index (χ3n) is 5.52. The number of hydrogen-bond donors (Lipinski definition) is 3. The topological polar surface area (TPSA) is 101 Å². The van der Waals surface area contributed by atoms with E-state index in [9.17, 15) is 14.4 Å². The molecule has 6 nitrogen and oxygen atoms in total. The Labute approximate surface area is 191 Å². The zero-order chi connectivity index (χ0) is 23.3. The summed E-state index contributed by atoms with van der Waals surface area (Å²) in [5, 5.41) is 5.73. The van der Waals surface area contributed by atoms with Gasteiger partial charge in [0.25, 0.3) is 5.91 Å². The molecule has 2 aromatic rings. The molecule has 0 saturated heterocycles. The van der Waals surface area contributed by atoms with Gasteiger partial charge in [-0.05, 0) is 55.4 Å². The van der Waals surface area contributed by atoms with Gasteiger partial charge in [0, 0.05) is 18.5 Å². The number of hydrogen-bond acceptors (Lipinski definition) is 4. The lowest BCUT2D eigenvalue weighted by atomic mass is 10.0. The zero-order valence-corrected chi connectivity index (χ0v) is 19.1. The van der Waals surface area contributed by atoms with Crippen LogP contribution in [0.3, 0.4) is 0 Å². The SMILES string of the molecule is CCC(=O)C(CCCCNC(=O)c1ccc(CC)cc1)NC(=O)C(N)Cc1ccccc1. The number of benzene rings is 2. The molecule has 4 N–H and O–H groups in total. The normalized spacial score (nSPS) is 12.6. The summed E-state index contributed by atoms with van der Waals surface area (Å²) >= 11 is 0. The van der Waals surface area contributed by atoms with E-state index in [0.29, 0.717) is 37.8 Å². The van der Waals surface area contributed by atoms with Gasteiger partial charge in [-0.3, -0.25) is 14.4 Å². The van der Waals surface area contributed by atoms with Gasteiger partial charge in [0.2, 0.25) is 5.91 Å². The van der Waals surface area contributed by atoms with E-state index in [-0.39, 0.29) is 17.6 Å². The third kappa shape index (κ3) is 8.27. The van der Waals surface area contributed by atoms with Crippen molar-refractivity contribution in [3.63, 3.8) is 0 Å². The van der Waals surface area contributed by atoms with Gasteiger partial charge in [-0.2, -0.15) is 0 Å². The molecular weight excluding hydrogens is 402 g/mol. The molecule has 32 heavy (non-hydrogen) atoms. The maximum Gasteiger partial charge on any atom is 0.251 e. The van der Waals surface area contributed by atoms with Crippen LogP contribution in [0.4, 0.5) is 0 Å². The molecule has 2 unspecified atom stereocenters. The molecule has 2 amide bonds.